The summed E-state index contributed by atoms with van der Waals surface area (Å²) in [5.41, 5.74) is 3.73. The van der Waals surface area contributed by atoms with Gasteiger partial charge in [0.05, 0.1) is 13.7 Å². The summed E-state index contributed by atoms with van der Waals surface area (Å²) in [5.74, 6) is 2.12. The predicted molar refractivity (Wildman–Crippen MR) is 107 cm³/mol. The standard InChI is InChI=1S/C21H26N4O3/c1-4-27-14(2)21-23-20(28-24-21)13-25-9-7-15(8-10-25)18-12-22-19-6-5-16(26-3)11-17(18)19/h5-7,11-12,14,22H,4,8-10,13H2,1-3H3/t14-/m0/s1. The Kier molecular flexibility index (Phi) is 5.45. The van der Waals surface area contributed by atoms with Crippen molar-refractivity contribution in [2.24, 2.45) is 0 Å². The first-order chi connectivity index (χ1) is 13.7. The molecule has 1 aromatic carbocycles. The van der Waals surface area contributed by atoms with E-state index in [0.717, 1.165) is 30.8 Å². The molecule has 0 bridgehead atoms. The minimum atomic E-state index is -0.144. The monoisotopic (exact) mass is 382 g/mol. The lowest BCUT2D eigenvalue weighted by atomic mass is 9.99. The average Bonchev–Trinajstić information content (AvgIpc) is 3.35. The van der Waals surface area contributed by atoms with Crippen molar-refractivity contribution in [2.75, 3.05) is 26.8 Å². The molecule has 0 radical (unpaired) electrons. The van der Waals surface area contributed by atoms with Gasteiger partial charge in [0.15, 0.2) is 5.82 Å². The van der Waals surface area contributed by atoms with E-state index in [9.17, 15) is 0 Å². The molecule has 0 amide bonds. The summed E-state index contributed by atoms with van der Waals surface area (Å²) in [6.45, 7) is 6.97. The Morgan fingerprint density at radius 3 is 3.00 bits per heavy atom. The maximum absolute atomic E-state index is 5.52. The number of nitrogens with zero attached hydrogens (tertiary/aromatic N) is 3. The number of nitrogens with one attached hydrogen (secondary N) is 1. The molecule has 1 aliphatic rings. The fourth-order valence-corrected chi connectivity index (χ4v) is 3.61. The van der Waals surface area contributed by atoms with E-state index < -0.39 is 0 Å². The average molecular weight is 382 g/mol. The van der Waals surface area contributed by atoms with E-state index in [1.165, 1.54) is 16.5 Å². The highest BCUT2D eigenvalue weighted by Crippen LogP contribution is 2.31. The van der Waals surface area contributed by atoms with Crippen LogP contribution in [-0.2, 0) is 11.3 Å². The summed E-state index contributed by atoms with van der Waals surface area (Å²) in [7, 11) is 1.70. The second kappa shape index (κ2) is 8.16. The highest BCUT2D eigenvalue weighted by molar-refractivity contribution is 5.93. The quantitative estimate of drug-likeness (QED) is 0.667. The molecule has 3 aromatic rings. The number of rotatable bonds is 7. The lowest BCUT2D eigenvalue weighted by Gasteiger charge is -2.24. The Bertz CT molecular complexity index is 975. The van der Waals surface area contributed by atoms with Crippen molar-refractivity contribution < 1.29 is 14.0 Å². The molecule has 1 N–H and O–H groups in total. The van der Waals surface area contributed by atoms with Crippen LogP contribution < -0.4 is 4.74 Å². The van der Waals surface area contributed by atoms with Crippen molar-refractivity contribution in [3.05, 3.63) is 47.8 Å². The Morgan fingerprint density at radius 2 is 2.25 bits per heavy atom. The number of H-pyrrole nitrogens is 1. The predicted octanol–water partition coefficient (Wildman–Crippen LogP) is 3.95. The van der Waals surface area contributed by atoms with Crippen molar-refractivity contribution in [1.82, 2.24) is 20.0 Å². The first kappa shape index (κ1) is 18.7. The van der Waals surface area contributed by atoms with Gasteiger partial charge in [-0.25, -0.2) is 0 Å². The molecule has 1 aliphatic heterocycles. The zero-order chi connectivity index (χ0) is 19.5. The van der Waals surface area contributed by atoms with Gasteiger partial charge in [0.1, 0.15) is 11.9 Å². The van der Waals surface area contributed by atoms with Crippen LogP contribution in [0.15, 0.2) is 35.0 Å². The van der Waals surface area contributed by atoms with Crippen LogP contribution in [0.25, 0.3) is 16.5 Å². The Labute approximate surface area is 164 Å². The van der Waals surface area contributed by atoms with Gasteiger partial charge in [-0.1, -0.05) is 11.2 Å². The van der Waals surface area contributed by atoms with Crippen molar-refractivity contribution in [3.8, 4) is 5.75 Å². The smallest absolute Gasteiger partial charge is 0.240 e. The summed E-state index contributed by atoms with van der Waals surface area (Å²) in [4.78, 5) is 10.1. The van der Waals surface area contributed by atoms with Gasteiger partial charge < -0.3 is 19.0 Å². The topological polar surface area (TPSA) is 76.4 Å². The lowest BCUT2D eigenvalue weighted by Crippen LogP contribution is -2.28. The summed E-state index contributed by atoms with van der Waals surface area (Å²) in [5, 5.41) is 5.24. The van der Waals surface area contributed by atoms with E-state index in [-0.39, 0.29) is 6.10 Å². The molecule has 28 heavy (non-hydrogen) atoms. The van der Waals surface area contributed by atoms with Gasteiger partial charge in [-0.3, -0.25) is 4.90 Å². The SMILES string of the molecule is CCO[C@@H](C)c1noc(CN2CC=C(c3c[nH]c4ccc(OC)cc34)CC2)n1. The number of hydrogen-bond donors (Lipinski definition) is 1. The van der Waals surface area contributed by atoms with Gasteiger partial charge in [0, 0.05) is 42.4 Å². The third-order valence-corrected chi connectivity index (χ3v) is 5.15. The molecule has 0 saturated heterocycles. The molecule has 7 heteroatoms. The maximum atomic E-state index is 5.52. The van der Waals surface area contributed by atoms with Gasteiger partial charge in [-0.2, -0.15) is 4.98 Å². The summed E-state index contributed by atoms with van der Waals surface area (Å²) < 4.78 is 16.3. The molecule has 0 spiro atoms. The van der Waals surface area contributed by atoms with Gasteiger partial charge >= 0.3 is 0 Å². The molecule has 0 unspecified atom stereocenters. The number of benzene rings is 1. The van der Waals surface area contributed by atoms with Gasteiger partial charge in [0.25, 0.3) is 0 Å². The zero-order valence-electron chi connectivity index (χ0n) is 16.6. The first-order valence-electron chi connectivity index (χ1n) is 9.69. The number of methoxy groups -OCH3 is 1. The minimum Gasteiger partial charge on any atom is -0.497 e. The van der Waals surface area contributed by atoms with E-state index in [2.05, 4.69) is 44.4 Å². The molecule has 148 valence electrons. The lowest BCUT2D eigenvalue weighted by molar-refractivity contribution is 0.0683. The Balaban J connectivity index is 1.44. The molecule has 0 aliphatic carbocycles. The zero-order valence-corrected chi connectivity index (χ0v) is 16.6. The maximum Gasteiger partial charge on any atom is 0.240 e. The molecule has 1 atom stereocenters. The highest BCUT2D eigenvalue weighted by Gasteiger charge is 2.19. The van der Waals surface area contributed by atoms with Crippen LogP contribution in [0.3, 0.4) is 0 Å². The second-order valence-electron chi connectivity index (χ2n) is 6.97. The van der Waals surface area contributed by atoms with Crippen LogP contribution in [-0.4, -0.2) is 46.8 Å². The number of fused-ring (bicyclic) bond motifs is 1. The third kappa shape index (κ3) is 3.81. The van der Waals surface area contributed by atoms with Crippen LogP contribution in [0.1, 0.15) is 43.7 Å². The molecule has 2 aromatic heterocycles. The van der Waals surface area contributed by atoms with E-state index in [4.69, 9.17) is 14.0 Å². The summed E-state index contributed by atoms with van der Waals surface area (Å²) >= 11 is 0. The van der Waals surface area contributed by atoms with Crippen molar-refractivity contribution in [1.29, 1.82) is 0 Å². The van der Waals surface area contributed by atoms with Crippen molar-refractivity contribution in [2.45, 2.75) is 32.9 Å². The molecule has 4 rings (SSSR count). The molecular formula is C21H26N4O3. The van der Waals surface area contributed by atoms with Crippen molar-refractivity contribution in [3.63, 3.8) is 0 Å². The molecular weight excluding hydrogens is 356 g/mol. The van der Waals surface area contributed by atoms with Crippen LogP contribution in [0.5, 0.6) is 5.75 Å². The molecule has 3 heterocycles. The third-order valence-electron chi connectivity index (χ3n) is 5.15. The Hall–Kier alpha value is -2.64. The number of hydrogen-bond acceptors (Lipinski definition) is 6. The van der Waals surface area contributed by atoms with Crippen LogP contribution >= 0.6 is 0 Å². The summed E-state index contributed by atoms with van der Waals surface area (Å²) in [6.07, 6.45) is 5.20. The number of aromatic amines is 1. The second-order valence-corrected chi connectivity index (χ2v) is 6.97. The van der Waals surface area contributed by atoms with Crippen LogP contribution in [0.2, 0.25) is 0 Å². The number of aromatic nitrogens is 3. The normalized spacial score (nSPS) is 16.3. The largest absolute Gasteiger partial charge is 0.497 e. The van der Waals surface area contributed by atoms with Gasteiger partial charge in [0.2, 0.25) is 5.89 Å². The van der Waals surface area contributed by atoms with E-state index >= 15 is 0 Å². The Morgan fingerprint density at radius 1 is 1.36 bits per heavy atom. The minimum absolute atomic E-state index is 0.144. The van der Waals surface area contributed by atoms with Crippen LogP contribution in [0.4, 0.5) is 0 Å². The van der Waals surface area contributed by atoms with E-state index in [0.29, 0.717) is 24.9 Å². The first-order valence-corrected chi connectivity index (χ1v) is 9.69. The van der Waals surface area contributed by atoms with E-state index in [1.807, 2.05) is 19.9 Å². The summed E-state index contributed by atoms with van der Waals surface area (Å²) in [6, 6.07) is 6.13. The van der Waals surface area contributed by atoms with Gasteiger partial charge in [-0.15, -0.1) is 0 Å². The molecule has 0 saturated carbocycles. The van der Waals surface area contributed by atoms with Crippen LogP contribution in [0, 0.1) is 0 Å². The van der Waals surface area contributed by atoms with Gasteiger partial charge in [-0.05, 0) is 44.0 Å². The number of ether oxygens (including phenoxy) is 2. The van der Waals surface area contributed by atoms with Crippen molar-refractivity contribution >= 4 is 16.5 Å². The van der Waals surface area contributed by atoms with E-state index in [1.54, 1.807) is 7.11 Å². The fraction of sp³-hybridized carbons (Fsp3) is 0.429. The molecule has 0 fully saturated rings. The molecule has 7 nitrogen and oxygen atoms in total. The fourth-order valence-electron chi connectivity index (χ4n) is 3.61. The highest BCUT2D eigenvalue weighted by atomic mass is 16.5.